The third-order valence-electron chi connectivity index (χ3n) is 3.79. The zero-order chi connectivity index (χ0) is 11.7. The van der Waals surface area contributed by atoms with Gasteiger partial charge in [-0.1, -0.05) is 18.2 Å². The van der Waals surface area contributed by atoms with Crippen LogP contribution in [0.15, 0.2) is 24.3 Å². The molecule has 17 heavy (non-hydrogen) atoms. The van der Waals surface area contributed by atoms with E-state index < -0.39 is 0 Å². The highest BCUT2D eigenvalue weighted by Crippen LogP contribution is 2.27. The van der Waals surface area contributed by atoms with Gasteiger partial charge in [-0.15, -0.1) is 0 Å². The number of rotatable bonds is 1. The molecular formula is C14H18N2O. The first-order valence-electron chi connectivity index (χ1n) is 6.50. The summed E-state index contributed by atoms with van der Waals surface area (Å²) in [5.74, 6) is 0. The predicted octanol–water partition coefficient (Wildman–Crippen LogP) is 2.70. The Morgan fingerprint density at radius 2 is 2.06 bits per heavy atom. The molecule has 3 nitrogen and oxygen atoms in total. The number of fused-ring (bicyclic) bond motifs is 1. The van der Waals surface area contributed by atoms with Crippen molar-refractivity contribution in [1.82, 2.24) is 5.32 Å². The number of aryl methyl sites for hydroxylation is 1. The molecule has 1 aromatic rings. The van der Waals surface area contributed by atoms with Gasteiger partial charge < -0.3 is 5.32 Å². The van der Waals surface area contributed by atoms with E-state index in [4.69, 9.17) is 0 Å². The molecule has 0 unspecified atom stereocenters. The third kappa shape index (κ3) is 2.02. The van der Waals surface area contributed by atoms with Crippen LogP contribution in [-0.2, 0) is 6.42 Å². The summed E-state index contributed by atoms with van der Waals surface area (Å²) >= 11 is 0. The third-order valence-corrected chi connectivity index (χ3v) is 3.79. The van der Waals surface area contributed by atoms with Gasteiger partial charge in [0.2, 0.25) is 0 Å². The van der Waals surface area contributed by atoms with E-state index in [0.29, 0.717) is 6.04 Å². The van der Waals surface area contributed by atoms with Gasteiger partial charge in [-0.25, -0.2) is 4.79 Å². The van der Waals surface area contributed by atoms with Gasteiger partial charge in [-0.05, 0) is 43.7 Å². The molecule has 3 rings (SSSR count). The molecule has 0 spiro atoms. The van der Waals surface area contributed by atoms with E-state index in [1.807, 2.05) is 17.0 Å². The average Bonchev–Trinajstić information content (AvgIpc) is 2.33. The van der Waals surface area contributed by atoms with Crippen molar-refractivity contribution in [3.05, 3.63) is 29.8 Å². The van der Waals surface area contributed by atoms with Crippen LogP contribution in [0.25, 0.3) is 0 Å². The van der Waals surface area contributed by atoms with E-state index in [0.717, 1.165) is 37.9 Å². The summed E-state index contributed by atoms with van der Waals surface area (Å²) in [6.07, 6.45) is 5.68. The van der Waals surface area contributed by atoms with Crippen molar-refractivity contribution in [2.75, 3.05) is 11.4 Å². The Labute approximate surface area is 102 Å². The Bertz CT molecular complexity index is 426. The lowest BCUT2D eigenvalue weighted by Gasteiger charge is -2.33. The molecule has 0 saturated heterocycles. The second-order valence-corrected chi connectivity index (χ2v) is 4.96. The van der Waals surface area contributed by atoms with E-state index in [2.05, 4.69) is 17.4 Å². The van der Waals surface area contributed by atoms with Crippen molar-refractivity contribution in [3.8, 4) is 0 Å². The maximum atomic E-state index is 12.2. The topological polar surface area (TPSA) is 32.3 Å². The highest BCUT2D eigenvalue weighted by Gasteiger charge is 2.26. The number of nitrogens with one attached hydrogen (secondary N) is 1. The molecule has 1 N–H and O–H groups in total. The van der Waals surface area contributed by atoms with Crippen LogP contribution < -0.4 is 10.2 Å². The molecule has 1 fully saturated rings. The van der Waals surface area contributed by atoms with Crippen molar-refractivity contribution in [2.24, 2.45) is 0 Å². The summed E-state index contributed by atoms with van der Waals surface area (Å²) in [5.41, 5.74) is 2.39. The van der Waals surface area contributed by atoms with Crippen LogP contribution >= 0.6 is 0 Å². The van der Waals surface area contributed by atoms with Gasteiger partial charge in [0, 0.05) is 18.3 Å². The van der Waals surface area contributed by atoms with E-state index in [-0.39, 0.29) is 6.03 Å². The van der Waals surface area contributed by atoms with Crippen LogP contribution in [0.1, 0.15) is 31.2 Å². The van der Waals surface area contributed by atoms with Gasteiger partial charge in [0.1, 0.15) is 0 Å². The van der Waals surface area contributed by atoms with Crippen LogP contribution in [0.4, 0.5) is 10.5 Å². The maximum Gasteiger partial charge on any atom is 0.322 e. The number of para-hydroxylation sites is 1. The number of amides is 2. The fraction of sp³-hybridized carbons (Fsp3) is 0.500. The lowest BCUT2D eigenvalue weighted by Crippen LogP contribution is -2.48. The summed E-state index contributed by atoms with van der Waals surface area (Å²) in [4.78, 5) is 14.1. The molecule has 0 bridgehead atoms. The van der Waals surface area contributed by atoms with Crippen molar-refractivity contribution in [2.45, 2.75) is 38.1 Å². The zero-order valence-electron chi connectivity index (χ0n) is 9.98. The molecule has 0 atom stereocenters. The Hall–Kier alpha value is -1.51. The summed E-state index contributed by atoms with van der Waals surface area (Å²) in [6.45, 7) is 0.843. The largest absolute Gasteiger partial charge is 0.335 e. The highest BCUT2D eigenvalue weighted by atomic mass is 16.2. The summed E-state index contributed by atoms with van der Waals surface area (Å²) in [7, 11) is 0. The molecule has 1 saturated carbocycles. The first kappa shape index (κ1) is 10.6. The lowest BCUT2D eigenvalue weighted by atomic mass is 9.93. The minimum atomic E-state index is 0.0850. The fourth-order valence-corrected chi connectivity index (χ4v) is 2.55. The standard InChI is InChI=1S/C14H18N2O/c17-14(15-12-7-3-8-12)16-10-4-6-11-5-1-2-9-13(11)16/h1-2,5,9,12H,3-4,6-8,10H2,(H,15,17). The first-order valence-corrected chi connectivity index (χ1v) is 6.50. The van der Waals surface area contributed by atoms with Gasteiger partial charge in [0.15, 0.2) is 0 Å². The second kappa shape index (κ2) is 4.40. The van der Waals surface area contributed by atoms with Gasteiger partial charge >= 0.3 is 6.03 Å². The summed E-state index contributed by atoms with van der Waals surface area (Å²) in [6, 6.07) is 8.73. The van der Waals surface area contributed by atoms with Gasteiger partial charge in [0.25, 0.3) is 0 Å². The molecule has 2 amide bonds. The first-order chi connectivity index (χ1) is 8.34. The number of benzene rings is 1. The van der Waals surface area contributed by atoms with E-state index >= 15 is 0 Å². The Morgan fingerprint density at radius 3 is 2.82 bits per heavy atom. The van der Waals surface area contributed by atoms with Crippen molar-refractivity contribution < 1.29 is 4.79 Å². The fourth-order valence-electron chi connectivity index (χ4n) is 2.55. The molecular weight excluding hydrogens is 212 g/mol. The normalized spacial score (nSPS) is 19.4. The SMILES string of the molecule is O=C(NC1CCC1)N1CCCc2ccccc21. The molecule has 0 aromatic heterocycles. The minimum absolute atomic E-state index is 0.0850. The molecule has 0 radical (unpaired) electrons. The van der Waals surface area contributed by atoms with Gasteiger partial charge in [-0.2, -0.15) is 0 Å². The van der Waals surface area contributed by atoms with Crippen LogP contribution in [0, 0.1) is 0 Å². The Kier molecular flexibility index (Phi) is 2.75. The maximum absolute atomic E-state index is 12.2. The lowest BCUT2D eigenvalue weighted by molar-refractivity contribution is 0.233. The van der Waals surface area contributed by atoms with Crippen LogP contribution in [0.5, 0.6) is 0 Å². The molecule has 2 aliphatic rings. The number of anilines is 1. The number of carbonyl (C=O) groups is 1. The molecule has 3 heteroatoms. The average molecular weight is 230 g/mol. The smallest absolute Gasteiger partial charge is 0.322 e. The van der Waals surface area contributed by atoms with E-state index in [1.165, 1.54) is 12.0 Å². The second-order valence-electron chi connectivity index (χ2n) is 4.96. The molecule has 1 aromatic carbocycles. The van der Waals surface area contributed by atoms with Crippen LogP contribution in [0.3, 0.4) is 0 Å². The summed E-state index contributed by atoms with van der Waals surface area (Å²) < 4.78 is 0. The van der Waals surface area contributed by atoms with Crippen molar-refractivity contribution >= 4 is 11.7 Å². The molecule has 1 aliphatic carbocycles. The van der Waals surface area contributed by atoms with Crippen LogP contribution in [0.2, 0.25) is 0 Å². The quantitative estimate of drug-likeness (QED) is 0.790. The molecule has 1 heterocycles. The van der Waals surface area contributed by atoms with Gasteiger partial charge in [-0.3, -0.25) is 4.90 Å². The zero-order valence-corrected chi connectivity index (χ0v) is 9.98. The summed E-state index contributed by atoms with van der Waals surface area (Å²) in [5, 5.41) is 3.11. The minimum Gasteiger partial charge on any atom is -0.335 e. The Morgan fingerprint density at radius 1 is 1.24 bits per heavy atom. The van der Waals surface area contributed by atoms with Gasteiger partial charge in [0.05, 0.1) is 0 Å². The van der Waals surface area contributed by atoms with Crippen LogP contribution in [-0.4, -0.2) is 18.6 Å². The van der Waals surface area contributed by atoms with E-state index in [9.17, 15) is 4.79 Å². The van der Waals surface area contributed by atoms with Crippen molar-refractivity contribution in [1.29, 1.82) is 0 Å². The van der Waals surface area contributed by atoms with Crippen molar-refractivity contribution in [3.63, 3.8) is 0 Å². The Balaban J connectivity index is 1.77. The number of nitrogens with zero attached hydrogens (tertiary/aromatic N) is 1. The number of hydrogen-bond acceptors (Lipinski definition) is 1. The monoisotopic (exact) mass is 230 g/mol. The molecule has 90 valence electrons. The highest BCUT2D eigenvalue weighted by molar-refractivity contribution is 5.93. The predicted molar refractivity (Wildman–Crippen MR) is 68.3 cm³/mol. The number of hydrogen-bond donors (Lipinski definition) is 1. The number of urea groups is 1. The van der Waals surface area contributed by atoms with E-state index in [1.54, 1.807) is 0 Å². The number of carbonyl (C=O) groups excluding carboxylic acids is 1. The molecule has 1 aliphatic heterocycles.